The quantitative estimate of drug-likeness (QED) is 0.649. The molecule has 0 bridgehead atoms. The van der Waals surface area contributed by atoms with Gasteiger partial charge in [-0.3, -0.25) is 4.79 Å². The minimum absolute atomic E-state index is 0.183. The summed E-state index contributed by atoms with van der Waals surface area (Å²) in [4.78, 5) is 21.5. The van der Waals surface area contributed by atoms with Gasteiger partial charge >= 0.3 is 0 Å². The third-order valence-electron chi connectivity index (χ3n) is 3.59. The molecule has 0 atom stereocenters. The Hall–Kier alpha value is -3.18. The number of carbonyl (C=O) groups is 1. The van der Waals surface area contributed by atoms with Gasteiger partial charge in [0, 0.05) is 19.3 Å². The average Bonchev–Trinajstić information content (AvgIpc) is 3.24. The Labute approximate surface area is 154 Å². The summed E-state index contributed by atoms with van der Waals surface area (Å²) in [6.45, 7) is 4.52. The summed E-state index contributed by atoms with van der Waals surface area (Å²) < 4.78 is 5.56. The molecule has 0 aliphatic rings. The molecule has 3 heterocycles. The minimum Gasteiger partial charge on any atom is -0.459 e. The number of nitriles is 1. The maximum atomic E-state index is 12.4. The summed E-state index contributed by atoms with van der Waals surface area (Å²) in [5.41, 5.74) is 1.14. The van der Waals surface area contributed by atoms with Gasteiger partial charge < -0.3 is 15.1 Å². The Morgan fingerprint density at radius 2 is 2.15 bits per heavy atom. The van der Waals surface area contributed by atoms with Gasteiger partial charge in [0.2, 0.25) is 0 Å². The van der Waals surface area contributed by atoms with Crippen molar-refractivity contribution in [3.8, 4) is 16.8 Å². The average molecular weight is 367 g/mol. The first-order valence-electron chi connectivity index (χ1n) is 8.00. The minimum atomic E-state index is -0.183. The largest absolute Gasteiger partial charge is 0.459 e. The zero-order valence-corrected chi connectivity index (χ0v) is 15.2. The molecule has 8 heteroatoms. The summed E-state index contributed by atoms with van der Waals surface area (Å²) in [6.07, 6.45) is 1.61. The standard InChI is InChI=1S/C18H17N5O2S/c1-11-5-6-14(25-11)18-23-12(2)15(26-18)17(24)22-9-8-21-16-13(10-19)4-3-7-20-16/h3-7H,8-9H2,1-2H3,(H,20,21)(H,22,24). The third-order valence-corrected chi connectivity index (χ3v) is 4.76. The second-order valence-electron chi connectivity index (χ2n) is 5.54. The highest BCUT2D eigenvalue weighted by Crippen LogP contribution is 2.29. The second-order valence-corrected chi connectivity index (χ2v) is 6.54. The number of pyridine rings is 1. The molecule has 3 rings (SSSR count). The van der Waals surface area contributed by atoms with Crippen molar-refractivity contribution in [1.29, 1.82) is 5.26 Å². The van der Waals surface area contributed by atoms with E-state index in [1.165, 1.54) is 11.3 Å². The van der Waals surface area contributed by atoms with Crippen LogP contribution in [0.2, 0.25) is 0 Å². The van der Waals surface area contributed by atoms with Gasteiger partial charge in [-0.2, -0.15) is 5.26 Å². The molecular weight excluding hydrogens is 350 g/mol. The molecule has 0 radical (unpaired) electrons. The van der Waals surface area contributed by atoms with Gasteiger partial charge in [-0.25, -0.2) is 9.97 Å². The number of furan rings is 1. The van der Waals surface area contributed by atoms with Crippen molar-refractivity contribution in [1.82, 2.24) is 15.3 Å². The van der Waals surface area contributed by atoms with Crippen LogP contribution in [-0.2, 0) is 0 Å². The Morgan fingerprint density at radius 1 is 1.31 bits per heavy atom. The summed E-state index contributed by atoms with van der Waals surface area (Å²) in [5.74, 6) is 1.79. The monoisotopic (exact) mass is 367 g/mol. The Balaban J connectivity index is 1.57. The lowest BCUT2D eigenvalue weighted by Crippen LogP contribution is -2.28. The topological polar surface area (TPSA) is 104 Å². The van der Waals surface area contributed by atoms with Crippen LogP contribution in [0.3, 0.4) is 0 Å². The van der Waals surface area contributed by atoms with E-state index in [1.807, 2.05) is 19.1 Å². The Morgan fingerprint density at radius 3 is 2.88 bits per heavy atom. The first-order chi connectivity index (χ1) is 12.6. The predicted octanol–water partition coefficient (Wildman–Crippen LogP) is 3.13. The van der Waals surface area contributed by atoms with Crippen LogP contribution in [0.25, 0.3) is 10.8 Å². The molecule has 26 heavy (non-hydrogen) atoms. The number of aromatic nitrogens is 2. The summed E-state index contributed by atoms with van der Waals surface area (Å²) in [5, 5.41) is 15.6. The molecule has 0 aliphatic carbocycles. The van der Waals surface area contributed by atoms with Crippen LogP contribution in [0, 0.1) is 25.2 Å². The summed E-state index contributed by atoms with van der Waals surface area (Å²) >= 11 is 1.30. The highest BCUT2D eigenvalue weighted by Gasteiger charge is 2.17. The van der Waals surface area contributed by atoms with E-state index in [-0.39, 0.29) is 5.91 Å². The molecule has 0 saturated heterocycles. The maximum Gasteiger partial charge on any atom is 0.263 e. The molecule has 132 valence electrons. The van der Waals surface area contributed by atoms with Gasteiger partial charge in [0.25, 0.3) is 5.91 Å². The first-order valence-corrected chi connectivity index (χ1v) is 8.81. The van der Waals surface area contributed by atoms with Gasteiger partial charge in [-0.1, -0.05) is 0 Å². The van der Waals surface area contributed by atoms with E-state index in [2.05, 4.69) is 26.7 Å². The molecule has 3 aromatic rings. The zero-order chi connectivity index (χ0) is 18.5. The Bertz CT molecular complexity index is 970. The number of aryl methyl sites for hydroxylation is 2. The van der Waals surface area contributed by atoms with Crippen molar-refractivity contribution in [3.63, 3.8) is 0 Å². The highest BCUT2D eigenvalue weighted by molar-refractivity contribution is 7.17. The van der Waals surface area contributed by atoms with E-state index in [4.69, 9.17) is 9.68 Å². The van der Waals surface area contributed by atoms with E-state index in [9.17, 15) is 4.79 Å². The number of hydrogen-bond acceptors (Lipinski definition) is 7. The fourth-order valence-corrected chi connectivity index (χ4v) is 3.28. The number of hydrogen-bond donors (Lipinski definition) is 2. The van der Waals surface area contributed by atoms with Crippen molar-refractivity contribution >= 4 is 23.1 Å². The molecule has 0 aromatic carbocycles. The molecular formula is C18H17N5O2S. The van der Waals surface area contributed by atoms with E-state index >= 15 is 0 Å². The van der Waals surface area contributed by atoms with Crippen LogP contribution < -0.4 is 10.6 Å². The molecule has 0 saturated carbocycles. The van der Waals surface area contributed by atoms with Gasteiger partial charge in [0.1, 0.15) is 22.5 Å². The van der Waals surface area contributed by atoms with Crippen LogP contribution in [0.1, 0.15) is 26.7 Å². The van der Waals surface area contributed by atoms with Crippen molar-refractivity contribution in [2.45, 2.75) is 13.8 Å². The first kappa shape index (κ1) is 17.6. The van der Waals surface area contributed by atoms with Crippen molar-refractivity contribution in [3.05, 3.63) is 52.4 Å². The second kappa shape index (κ2) is 7.80. The maximum absolute atomic E-state index is 12.4. The number of nitrogens with one attached hydrogen (secondary N) is 2. The van der Waals surface area contributed by atoms with Crippen LogP contribution in [0.4, 0.5) is 5.82 Å². The van der Waals surface area contributed by atoms with E-state index in [0.29, 0.717) is 45.8 Å². The number of amides is 1. The van der Waals surface area contributed by atoms with Gasteiger partial charge in [0.05, 0.1) is 11.3 Å². The number of nitrogens with zero attached hydrogens (tertiary/aromatic N) is 3. The number of thiazole rings is 1. The van der Waals surface area contributed by atoms with Crippen LogP contribution in [0.15, 0.2) is 34.9 Å². The van der Waals surface area contributed by atoms with Crippen LogP contribution >= 0.6 is 11.3 Å². The fourth-order valence-electron chi connectivity index (χ4n) is 2.34. The number of carbonyl (C=O) groups excluding carboxylic acids is 1. The van der Waals surface area contributed by atoms with E-state index < -0.39 is 0 Å². The van der Waals surface area contributed by atoms with Crippen LogP contribution in [-0.4, -0.2) is 29.0 Å². The molecule has 0 spiro atoms. The van der Waals surface area contributed by atoms with Crippen LogP contribution in [0.5, 0.6) is 0 Å². The summed E-state index contributed by atoms with van der Waals surface area (Å²) in [7, 11) is 0. The smallest absolute Gasteiger partial charge is 0.263 e. The van der Waals surface area contributed by atoms with Gasteiger partial charge in [0.15, 0.2) is 10.8 Å². The van der Waals surface area contributed by atoms with E-state index in [0.717, 1.165) is 5.76 Å². The van der Waals surface area contributed by atoms with Crippen molar-refractivity contribution < 1.29 is 9.21 Å². The zero-order valence-electron chi connectivity index (χ0n) is 14.4. The SMILES string of the molecule is Cc1ccc(-c2nc(C)c(C(=O)NCCNc3ncccc3C#N)s2)o1. The van der Waals surface area contributed by atoms with Gasteiger partial charge in [-0.05, 0) is 38.1 Å². The molecule has 0 unspecified atom stereocenters. The van der Waals surface area contributed by atoms with Crippen molar-refractivity contribution in [2.24, 2.45) is 0 Å². The number of anilines is 1. The van der Waals surface area contributed by atoms with Gasteiger partial charge in [-0.15, -0.1) is 11.3 Å². The fraction of sp³-hybridized carbons (Fsp3) is 0.222. The third kappa shape index (κ3) is 3.90. The molecule has 2 N–H and O–H groups in total. The molecule has 1 amide bonds. The lowest BCUT2D eigenvalue weighted by molar-refractivity contribution is 0.0958. The Kier molecular flexibility index (Phi) is 5.29. The highest BCUT2D eigenvalue weighted by atomic mass is 32.1. The lowest BCUT2D eigenvalue weighted by atomic mass is 10.3. The molecule has 0 aliphatic heterocycles. The van der Waals surface area contributed by atoms with E-state index in [1.54, 1.807) is 25.3 Å². The molecule has 3 aromatic heterocycles. The molecule has 0 fully saturated rings. The lowest BCUT2D eigenvalue weighted by Gasteiger charge is -2.07. The normalized spacial score (nSPS) is 10.3. The number of rotatable bonds is 6. The van der Waals surface area contributed by atoms with Crippen molar-refractivity contribution in [2.75, 3.05) is 18.4 Å². The predicted molar refractivity (Wildman–Crippen MR) is 99.1 cm³/mol. The summed E-state index contributed by atoms with van der Waals surface area (Å²) in [6, 6.07) is 9.17. The molecule has 7 nitrogen and oxygen atoms in total.